The fraction of sp³-hybridized carbons (Fsp3) is 0.381. The number of amides is 1. The maximum atomic E-state index is 12.9. The van der Waals surface area contributed by atoms with Gasteiger partial charge in [0, 0.05) is 29.9 Å². The van der Waals surface area contributed by atoms with Gasteiger partial charge in [-0.25, -0.2) is 8.42 Å². The van der Waals surface area contributed by atoms with E-state index in [4.69, 9.17) is 4.74 Å². The van der Waals surface area contributed by atoms with Gasteiger partial charge < -0.3 is 10.1 Å². The first-order valence-corrected chi connectivity index (χ1v) is 11.0. The third-order valence-corrected chi connectivity index (χ3v) is 6.90. The number of carbonyl (C=O) groups excluding carboxylic acids is 1. The van der Waals surface area contributed by atoms with Gasteiger partial charge in [-0.3, -0.25) is 4.79 Å². The molecule has 0 aromatic heterocycles. The molecule has 1 aliphatic heterocycles. The number of anilines is 1. The van der Waals surface area contributed by atoms with Crippen LogP contribution in [0, 0.1) is 0 Å². The van der Waals surface area contributed by atoms with Crippen molar-refractivity contribution in [2.75, 3.05) is 18.5 Å². The normalized spacial score (nSPS) is 17.9. The van der Waals surface area contributed by atoms with Crippen LogP contribution in [0.4, 0.5) is 5.69 Å². The van der Waals surface area contributed by atoms with Crippen molar-refractivity contribution in [1.82, 2.24) is 4.31 Å². The molecule has 28 heavy (non-hydrogen) atoms. The summed E-state index contributed by atoms with van der Waals surface area (Å²) in [6.45, 7) is 4.92. The lowest BCUT2D eigenvalue weighted by Crippen LogP contribution is -2.41. The Morgan fingerprint density at radius 2 is 1.93 bits per heavy atom. The SMILES string of the molecule is CCOc1cccc(NC(=O)c2ccc(S(=O)(=O)N3CCCCC3C)cc2)c1. The molecule has 2 aromatic rings. The molecule has 0 bridgehead atoms. The average Bonchev–Trinajstić information content (AvgIpc) is 2.69. The van der Waals surface area contributed by atoms with Crippen molar-refractivity contribution >= 4 is 21.6 Å². The second-order valence-electron chi connectivity index (χ2n) is 6.90. The zero-order valence-corrected chi connectivity index (χ0v) is 17.0. The third kappa shape index (κ3) is 4.54. The molecule has 1 saturated heterocycles. The second-order valence-corrected chi connectivity index (χ2v) is 8.79. The van der Waals surface area contributed by atoms with E-state index in [1.807, 2.05) is 19.9 Å². The minimum Gasteiger partial charge on any atom is -0.494 e. The molecular formula is C21H26N2O4S. The maximum absolute atomic E-state index is 12.9. The molecule has 1 N–H and O–H groups in total. The summed E-state index contributed by atoms with van der Waals surface area (Å²) in [5, 5.41) is 2.81. The van der Waals surface area contributed by atoms with Crippen molar-refractivity contribution in [2.24, 2.45) is 0 Å². The summed E-state index contributed by atoms with van der Waals surface area (Å²) in [6.07, 6.45) is 2.81. The van der Waals surface area contributed by atoms with Crippen molar-refractivity contribution in [2.45, 2.75) is 44.0 Å². The highest BCUT2D eigenvalue weighted by atomic mass is 32.2. The Balaban J connectivity index is 1.73. The van der Waals surface area contributed by atoms with E-state index in [1.165, 1.54) is 12.1 Å². The predicted octanol–water partition coefficient (Wildman–Crippen LogP) is 3.90. The van der Waals surface area contributed by atoms with E-state index >= 15 is 0 Å². The molecule has 2 aromatic carbocycles. The molecule has 0 saturated carbocycles. The topological polar surface area (TPSA) is 75.7 Å². The van der Waals surface area contributed by atoms with E-state index in [2.05, 4.69) is 5.32 Å². The first kappa shape index (κ1) is 20.4. The predicted molar refractivity (Wildman–Crippen MR) is 109 cm³/mol. The maximum Gasteiger partial charge on any atom is 0.255 e. The van der Waals surface area contributed by atoms with Crippen LogP contribution in [0.1, 0.15) is 43.5 Å². The van der Waals surface area contributed by atoms with Gasteiger partial charge >= 0.3 is 0 Å². The molecule has 1 aliphatic rings. The first-order chi connectivity index (χ1) is 13.4. The number of rotatable bonds is 6. The Kier molecular flexibility index (Phi) is 6.36. The molecule has 0 radical (unpaired) electrons. The molecule has 7 heteroatoms. The molecule has 1 amide bonds. The van der Waals surface area contributed by atoms with Crippen molar-refractivity contribution in [1.29, 1.82) is 0 Å². The Morgan fingerprint density at radius 3 is 2.61 bits per heavy atom. The molecule has 1 atom stereocenters. The van der Waals surface area contributed by atoms with E-state index < -0.39 is 10.0 Å². The largest absolute Gasteiger partial charge is 0.494 e. The van der Waals surface area contributed by atoms with Crippen molar-refractivity contribution < 1.29 is 17.9 Å². The summed E-state index contributed by atoms with van der Waals surface area (Å²) in [6, 6.07) is 13.2. The van der Waals surface area contributed by atoms with Gasteiger partial charge in [-0.2, -0.15) is 4.31 Å². The summed E-state index contributed by atoms with van der Waals surface area (Å²) < 4.78 is 32.8. The van der Waals surface area contributed by atoms with Crippen LogP contribution in [0.2, 0.25) is 0 Å². The lowest BCUT2D eigenvalue weighted by Gasteiger charge is -2.32. The highest BCUT2D eigenvalue weighted by Gasteiger charge is 2.30. The number of hydrogen-bond acceptors (Lipinski definition) is 4. The molecule has 3 rings (SSSR count). The van der Waals surface area contributed by atoms with Crippen LogP contribution in [0.15, 0.2) is 53.4 Å². The Bertz CT molecular complexity index is 926. The van der Waals surface area contributed by atoms with Crippen molar-refractivity contribution in [3.8, 4) is 5.75 Å². The number of nitrogens with one attached hydrogen (secondary N) is 1. The summed E-state index contributed by atoms with van der Waals surface area (Å²) >= 11 is 0. The van der Waals surface area contributed by atoms with E-state index in [-0.39, 0.29) is 16.8 Å². The number of ether oxygens (including phenoxy) is 1. The fourth-order valence-corrected chi connectivity index (χ4v) is 5.08. The third-order valence-electron chi connectivity index (χ3n) is 4.87. The van der Waals surface area contributed by atoms with Gasteiger partial charge in [0.05, 0.1) is 11.5 Å². The zero-order chi connectivity index (χ0) is 20.1. The summed E-state index contributed by atoms with van der Waals surface area (Å²) in [4.78, 5) is 12.7. The quantitative estimate of drug-likeness (QED) is 0.795. The van der Waals surface area contributed by atoms with Gasteiger partial charge in [-0.15, -0.1) is 0 Å². The van der Waals surface area contributed by atoms with E-state index in [0.29, 0.717) is 30.2 Å². The molecule has 0 aliphatic carbocycles. The Hall–Kier alpha value is -2.38. The Labute approximate surface area is 166 Å². The average molecular weight is 403 g/mol. The number of hydrogen-bond donors (Lipinski definition) is 1. The lowest BCUT2D eigenvalue weighted by molar-refractivity contribution is 0.102. The molecule has 0 spiro atoms. The number of benzene rings is 2. The highest BCUT2D eigenvalue weighted by molar-refractivity contribution is 7.89. The molecule has 6 nitrogen and oxygen atoms in total. The molecule has 1 heterocycles. The number of sulfonamides is 1. The minimum absolute atomic E-state index is 0.000610. The zero-order valence-electron chi connectivity index (χ0n) is 16.2. The summed E-state index contributed by atoms with van der Waals surface area (Å²) in [7, 11) is -3.54. The van der Waals surface area contributed by atoms with Crippen molar-refractivity contribution in [3.63, 3.8) is 0 Å². The summed E-state index contributed by atoms with van der Waals surface area (Å²) in [5.41, 5.74) is 1.02. The van der Waals surface area contributed by atoms with Crippen LogP contribution < -0.4 is 10.1 Å². The first-order valence-electron chi connectivity index (χ1n) is 9.58. The van der Waals surface area contributed by atoms with Gasteiger partial charge in [0.25, 0.3) is 5.91 Å². The van der Waals surface area contributed by atoms with Crippen LogP contribution in [0.3, 0.4) is 0 Å². The molecule has 150 valence electrons. The van der Waals surface area contributed by atoms with Crippen LogP contribution in [-0.4, -0.2) is 37.8 Å². The van der Waals surface area contributed by atoms with Crippen LogP contribution >= 0.6 is 0 Å². The monoisotopic (exact) mass is 402 g/mol. The van der Waals surface area contributed by atoms with Gasteiger partial charge in [-0.1, -0.05) is 12.5 Å². The van der Waals surface area contributed by atoms with Crippen LogP contribution in [0.5, 0.6) is 5.75 Å². The standard InChI is InChI=1S/C21H26N2O4S/c1-3-27-19-9-6-8-18(15-19)22-21(24)17-10-12-20(13-11-17)28(25,26)23-14-5-4-7-16(23)2/h6,8-13,15-16H,3-5,7,14H2,1-2H3,(H,22,24). The molecular weight excluding hydrogens is 376 g/mol. The highest BCUT2D eigenvalue weighted by Crippen LogP contribution is 2.25. The second kappa shape index (κ2) is 8.75. The molecule has 1 unspecified atom stereocenters. The van der Waals surface area contributed by atoms with Gasteiger partial charge in [0.15, 0.2) is 0 Å². The van der Waals surface area contributed by atoms with E-state index in [9.17, 15) is 13.2 Å². The molecule has 1 fully saturated rings. The minimum atomic E-state index is -3.54. The fourth-order valence-electron chi connectivity index (χ4n) is 3.38. The number of piperidine rings is 1. The van der Waals surface area contributed by atoms with E-state index in [0.717, 1.165) is 19.3 Å². The van der Waals surface area contributed by atoms with Crippen LogP contribution in [-0.2, 0) is 10.0 Å². The Morgan fingerprint density at radius 1 is 1.18 bits per heavy atom. The van der Waals surface area contributed by atoms with Gasteiger partial charge in [-0.05, 0) is 63.1 Å². The van der Waals surface area contributed by atoms with E-state index in [1.54, 1.807) is 34.6 Å². The number of carbonyl (C=O) groups is 1. The number of nitrogens with zero attached hydrogens (tertiary/aromatic N) is 1. The van der Waals surface area contributed by atoms with Crippen molar-refractivity contribution in [3.05, 3.63) is 54.1 Å². The lowest BCUT2D eigenvalue weighted by atomic mass is 10.1. The van der Waals surface area contributed by atoms with Gasteiger partial charge in [0.1, 0.15) is 5.75 Å². The van der Waals surface area contributed by atoms with Gasteiger partial charge in [0.2, 0.25) is 10.0 Å². The summed E-state index contributed by atoms with van der Waals surface area (Å²) in [5.74, 6) is 0.376. The smallest absolute Gasteiger partial charge is 0.255 e. The van der Waals surface area contributed by atoms with Crippen LogP contribution in [0.25, 0.3) is 0 Å².